The minimum atomic E-state index is 0.290. The van der Waals surface area contributed by atoms with Crippen LogP contribution in [0.25, 0.3) is 21.7 Å². The van der Waals surface area contributed by atoms with Gasteiger partial charge in [0.2, 0.25) is 0 Å². The van der Waals surface area contributed by atoms with Crippen LogP contribution in [0.15, 0.2) is 72.9 Å². The van der Waals surface area contributed by atoms with Gasteiger partial charge in [0.05, 0.1) is 0 Å². The fourth-order valence-electron chi connectivity index (χ4n) is 3.76. The summed E-state index contributed by atoms with van der Waals surface area (Å²) in [5, 5.41) is 7.75. The van der Waals surface area contributed by atoms with E-state index in [1.165, 1.54) is 32.8 Å². The molecule has 2 nitrogen and oxygen atoms in total. The van der Waals surface area contributed by atoms with Gasteiger partial charge in [-0.25, -0.2) is 0 Å². The van der Waals surface area contributed by atoms with E-state index < -0.39 is 0 Å². The van der Waals surface area contributed by atoms with Crippen LogP contribution < -0.4 is 5.32 Å². The predicted molar refractivity (Wildman–Crippen MR) is 107 cm³/mol. The van der Waals surface area contributed by atoms with Crippen LogP contribution in [-0.4, -0.2) is 4.98 Å². The van der Waals surface area contributed by atoms with Gasteiger partial charge in [0.1, 0.15) is 0 Å². The molecule has 0 saturated heterocycles. The fraction of sp³-hybridized carbons (Fsp3) is 0.217. The molecule has 4 rings (SSSR count). The van der Waals surface area contributed by atoms with E-state index in [9.17, 15) is 0 Å². The van der Waals surface area contributed by atoms with Crippen LogP contribution in [-0.2, 0) is 0 Å². The van der Waals surface area contributed by atoms with Crippen LogP contribution >= 0.6 is 0 Å². The van der Waals surface area contributed by atoms with E-state index in [4.69, 9.17) is 0 Å². The first-order chi connectivity index (χ1) is 12.3. The van der Waals surface area contributed by atoms with E-state index in [-0.39, 0.29) is 6.04 Å². The monoisotopic (exact) mass is 328 g/mol. The Morgan fingerprint density at radius 3 is 2.64 bits per heavy atom. The summed E-state index contributed by atoms with van der Waals surface area (Å²) in [5.41, 5.74) is 3.90. The molecule has 0 bridgehead atoms. The Bertz CT molecular complexity index is 994. The van der Waals surface area contributed by atoms with Crippen molar-refractivity contribution in [3.05, 3.63) is 84.1 Å². The maximum atomic E-state index is 3.84. The summed E-state index contributed by atoms with van der Waals surface area (Å²) in [6.45, 7) is 4.51. The third-order valence-corrected chi connectivity index (χ3v) is 5.13. The van der Waals surface area contributed by atoms with E-state index in [1.807, 2.05) is 6.20 Å². The molecular formula is C23H24N2. The molecule has 0 aliphatic carbocycles. The second-order valence-electron chi connectivity index (χ2n) is 6.74. The number of hydrogen-bond donors (Lipinski definition) is 2. The Morgan fingerprint density at radius 1 is 0.920 bits per heavy atom. The molecule has 3 aromatic carbocycles. The van der Waals surface area contributed by atoms with Crippen LogP contribution in [0.3, 0.4) is 0 Å². The third-order valence-electron chi connectivity index (χ3n) is 5.13. The molecule has 2 heteroatoms. The van der Waals surface area contributed by atoms with Gasteiger partial charge in [-0.05, 0) is 58.8 Å². The van der Waals surface area contributed by atoms with Gasteiger partial charge in [-0.1, -0.05) is 55.5 Å². The van der Waals surface area contributed by atoms with Crippen LogP contribution in [0, 0.1) is 0 Å². The highest BCUT2D eigenvalue weighted by molar-refractivity contribution is 5.86. The molecule has 0 aliphatic rings. The predicted octanol–water partition coefficient (Wildman–Crippen LogP) is 6.12. The highest BCUT2D eigenvalue weighted by Gasteiger charge is 2.16. The lowest BCUT2D eigenvalue weighted by Gasteiger charge is -2.24. The summed E-state index contributed by atoms with van der Waals surface area (Å²) in [7, 11) is 0. The van der Waals surface area contributed by atoms with E-state index >= 15 is 0 Å². The first kappa shape index (κ1) is 15.9. The first-order valence-electron chi connectivity index (χ1n) is 9.07. The largest absolute Gasteiger partial charge is 0.361 e. The summed E-state index contributed by atoms with van der Waals surface area (Å²) in [4.78, 5) is 3.27. The fourth-order valence-corrected chi connectivity index (χ4v) is 3.76. The summed E-state index contributed by atoms with van der Waals surface area (Å²) >= 11 is 0. The minimum absolute atomic E-state index is 0.290. The molecule has 0 radical (unpaired) electrons. The Hall–Kier alpha value is -2.58. The smallest absolute Gasteiger partial charge is 0.0454 e. The Balaban J connectivity index is 1.64. The average Bonchev–Trinajstić information content (AvgIpc) is 3.13. The molecule has 1 aromatic heterocycles. The normalized spacial score (nSPS) is 14.0. The lowest BCUT2D eigenvalue weighted by molar-refractivity contribution is 0.458. The van der Waals surface area contributed by atoms with Gasteiger partial charge < -0.3 is 10.3 Å². The van der Waals surface area contributed by atoms with Crippen LogP contribution in [0.4, 0.5) is 0 Å². The second-order valence-corrected chi connectivity index (χ2v) is 6.74. The number of aromatic amines is 1. The molecule has 0 fully saturated rings. The molecule has 0 spiro atoms. The number of H-pyrrole nitrogens is 1. The van der Waals surface area contributed by atoms with Crippen molar-refractivity contribution in [1.82, 2.24) is 10.3 Å². The lowest BCUT2D eigenvalue weighted by atomic mass is 9.97. The van der Waals surface area contributed by atoms with Crippen molar-refractivity contribution in [3.63, 3.8) is 0 Å². The summed E-state index contributed by atoms with van der Waals surface area (Å²) < 4.78 is 0. The van der Waals surface area contributed by atoms with Crippen LogP contribution in [0.2, 0.25) is 0 Å². The van der Waals surface area contributed by atoms with Crippen molar-refractivity contribution in [2.75, 3.05) is 0 Å². The number of fused-ring (bicyclic) bond motifs is 2. The van der Waals surface area contributed by atoms with Crippen molar-refractivity contribution in [2.45, 2.75) is 32.4 Å². The van der Waals surface area contributed by atoms with Gasteiger partial charge >= 0.3 is 0 Å². The van der Waals surface area contributed by atoms with Gasteiger partial charge in [0, 0.05) is 23.8 Å². The van der Waals surface area contributed by atoms with E-state index in [2.05, 4.69) is 90.9 Å². The van der Waals surface area contributed by atoms with Crippen molar-refractivity contribution >= 4 is 21.7 Å². The molecule has 0 saturated carbocycles. The first-order valence-corrected chi connectivity index (χ1v) is 9.07. The highest BCUT2D eigenvalue weighted by atomic mass is 14.9. The zero-order chi connectivity index (χ0) is 17.2. The topological polar surface area (TPSA) is 27.8 Å². The van der Waals surface area contributed by atoms with Gasteiger partial charge in [-0.15, -0.1) is 0 Å². The van der Waals surface area contributed by atoms with Crippen LogP contribution in [0.1, 0.15) is 43.5 Å². The van der Waals surface area contributed by atoms with Gasteiger partial charge in [-0.2, -0.15) is 0 Å². The maximum Gasteiger partial charge on any atom is 0.0454 e. The highest BCUT2D eigenvalue weighted by Crippen LogP contribution is 2.28. The molecular weight excluding hydrogens is 304 g/mol. The molecule has 126 valence electrons. The van der Waals surface area contributed by atoms with Gasteiger partial charge in [0.25, 0.3) is 0 Å². The number of hydrogen-bond acceptors (Lipinski definition) is 1. The van der Waals surface area contributed by atoms with Crippen molar-refractivity contribution < 1.29 is 0 Å². The second kappa shape index (κ2) is 6.73. The lowest BCUT2D eigenvalue weighted by Crippen LogP contribution is -2.24. The molecule has 0 aliphatic heterocycles. The molecule has 1 unspecified atom stereocenters. The van der Waals surface area contributed by atoms with Gasteiger partial charge in [-0.3, -0.25) is 0 Å². The Kier molecular flexibility index (Phi) is 4.29. The summed E-state index contributed by atoms with van der Waals surface area (Å²) in [6.07, 6.45) is 3.06. The van der Waals surface area contributed by atoms with E-state index in [1.54, 1.807) is 0 Å². The van der Waals surface area contributed by atoms with Gasteiger partial charge in [0.15, 0.2) is 0 Å². The zero-order valence-corrected chi connectivity index (χ0v) is 14.8. The molecule has 25 heavy (non-hydrogen) atoms. The molecule has 2 N–H and O–H groups in total. The quantitative estimate of drug-likeness (QED) is 0.453. The molecule has 1 heterocycles. The van der Waals surface area contributed by atoms with Crippen molar-refractivity contribution in [1.29, 1.82) is 0 Å². The summed E-state index contributed by atoms with van der Waals surface area (Å²) in [6, 6.07) is 24.7. The standard InChI is InChI=1S/C23H24N2/c1-3-22(18-11-12-23-19(15-18)13-14-24-23)25-16(2)20-10-6-8-17-7-4-5-9-21(17)20/h4-16,22,24-25H,3H2,1-2H3/t16?,22-/m1/s1. The maximum absolute atomic E-state index is 3.84. The minimum Gasteiger partial charge on any atom is -0.361 e. The number of benzene rings is 3. The average molecular weight is 328 g/mol. The molecule has 2 atom stereocenters. The zero-order valence-electron chi connectivity index (χ0n) is 14.8. The Labute approximate surface area is 148 Å². The van der Waals surface area contributed by atoms with Crippen molar-refractivity contribution in [2.24, 2.45) is 0 Å². The molecule has 0 amide bonds. The number of nitrogens with one attached hydrogen (secondary N) is 2. The SMILES string of the molecule is CC[C@@H](NC(C)c1cccc2ccccc12)c1ccc2[nH]ccc2c1. The Morgan fingerprint density at radius 2 is 1.76 bits per heavy atom. The number of rotatable bonds is 5. The summed E-state index contributed by atoms with van der Waals surface area (Å²) in [5.74, 6) is 0. The third kappa shape index (κ3) is 3.06. The van der Waals surface area contributed by atoms with E-state index in [0.29, 0.717) is 6.04 Å². The number of aromatic nitrogens is 1. The van der Waals surface area contributed by atoms with Crippen LogP contribution in [0.5, 0.6) is 0 Å². The van der Waals surface area contributed by atoms with E-state index in [0.717, 1.165) is 6.42 Å². The van der Waals surface area contributed by atoms with Crippen molar-refractivity contribution in [3.8, 4) is 0 Å². The molecule has 4 aromatic rings.